The van der Waals surface area contributed by atoms with Gasteiger partial charge in [-0.25, -0.2) is 4.98 Å². The summed E-state index contributed by atoms with van der Waals surface area (Å²) in [4.78, 5) is 7.40. The average molecular weight is 736 g/mol. The molecule has 28 heavy (non-hydrogen) atoms. The molecule has 0 saturated heterocycles. The van der Waals surface area contributed by atoms with Crippen LogP contribution < -0.4 is 28.9 Å². The normalized spacial score (nSPS) is 10.1. The molecular formula is C22H31I3N2S. The van der Waals surface area contributed by atoms with Gasteiger partial charge >= 0.3 is 0 Å². The summed E-state index contributed by atoms with van der Waals surface area (Å²) in [6, 6.07) is 15.2. The van der Waals surface area contributed by atoms with Crippen LogP contribution in [-0.4, -0.2) is 18.1 Å². The van der Waals surface area contributed by atoms with E-state index in [9.17, 15) is 0 Å². The minimum Gasteiger partial charge on any atom is -1.00 e. The molecule has 1 aromatic heterocycles. The molecule has 2 aromatic carbocycles. The molecule has 0 unspecified atom stereocenters. The number of para-hydroxylation sites is 1. The van der Waals surface area contributed by atoms with Gasteiger partial charge in [0.15, 0.2) is 0 Å². The minimum absolute atomic E-state index is 0. The number of fused-ring (bicyclic) bond motifs is 2. The predicted molar refractivity (Wildman–Crippen MR) is 144 cm³/mol. The first-order valence-corrected chi connectivity index (χ1v) is 10.5. The first-order valence-electron chi connectivity index (χ1n) is 9.69. The van der Waals surface area contributed by atoms with Gasteiger partial charge in [-0.3, -0.25) is 0 Å². The molecule has 0 N–H and O–H groups in total. The van der Waals surface area contributed by atoms with Gasteiger partial charge in [0.05, 0.1) is 0 Å². The first kappa shape index (κ1) is 28.5. The molecule has 0 aliphatic rings. The van der Waals surface area contributed by atoms with E-state index >= 15 is 0 Å². The summed E-state index contributed by atoms with van der Waals surface area (Å²) in [5.41, 5.74) is 3.55. The fraction of sp³-hybridized carbons (Fsp3) is 0.455. The lowest BCUT2D eigenvalue weighted by Crippen LogP contribution is -3.00. The molecule has 0 radical (unpaired) electrons. The number of anilines is 1. The largest absolute Gasteiger partial charge is 1.00 e. The maximum absolute atomic E-state index is 4.82. The van der Waals surface area contributed by atoms with Crippen molar-refractivity contribution in [1.29, 1.82) is 0 Å². The molecule has 0 spiro atoms. The summed E-state index contributed by atoms with van der Waals surface area (Å²) in [5, 5.41) is 0. The molecule has 0 fully saturated rings. The zero-order valence-corrected chi connectivity index (χ0v) is 24.3. The molecule has 0 saturated carbocycles. The van der Waals surface area contributed by atoms with Crippen LogP contribution in [0.1, 0.15) is 52.4 Å². The second-order valence-corrected chi connectivity index (χ2v) is 7.82. The highest BCUT2D eigenvalue weighted by Gasteiger charge is 2.15. The van der Waals surface area contributed by atoms with Crippen molar-refractivity contribution in [3.63, 3.8) is 0 Å². The summed E-state index contributed by atoms with van der Waals surface area (Å²) < 4.78 is 2.54. The Morgan fingerprint density at radius 3 is 2.04 bits per heavy atom. The van der Waals surface area contributed by atoms with Crippen molar-refractivity contribution >= 4 is 85.4 Å². The Hall–Kier alpha value is 0.450. The van der Waals surface area contributed by atoms with Gasteiger partial charge in [-0.15, -0.1) is 48.0 Å². The van der Waals surface area contributed by atoms with E-state index < -0.39 is 0 Å². The molecule has 2 nitrogen and oxygen atoms in total. The highest BCUT2D eigenvalue weighted by Crippen LogP contribution is 2.29. The van der Waals surface area contributed by atoms with Crippen molar-refractivity contribution in [2.24, 2.45) is 0 Å². The summed E-state index contributed by atoms with van der Waals surface area (Å²) >= 11 is 1.85. The van der Waals surface area contributed by atoms with Crippen molar-refractivity contribution in [2.75, 3.05) is 18.0 Å². The molecule has 0 atom stereocenters. The maximum Gasteiger partial charge on any atom is 0.259 e. The lowest BCUT2D eigenvalue weighted by molar-refractivity contribution is -0.00000525. The van der Waals surface area contributed by atoms with Gasteiger partial charge in [0.1, 0.15) is 11.0 Å². The van der Waals surface area contributed by atoms with Crippen LogP contribution in [-0.2, 0) is 0 Å². The Bertz CT molecular complexity index is 819. The van der Waals surface area contributed by atoms with E-state index in [2.05, 4.69) is 61.2 Å². The third-order valence-corrected chi connectivity index (χ3v) is 5.81. The number of hydrogen-bond acceptors (Lipinski definition) is 2. The van der Waals surface area contributed by atoms with Crippen LogP contribution in [0.3, 0.4) is 0 Å². The van der Waals surface area contributed by atoms with Crippen molar-refractivity contribution in [1.82, 2.24) is 4.98 Å². The lowest BCUT2D eigenvalue weighted by Gasteiger charge is -2.24. The van der Waals surface area contributed by atoms with Crippen LogP contribution in [0.4, 0.5) is 5.69 Å². The lowest BCUT2D eigenvalue weighted by atomic mass is 10.2. The van der Waals surface area contributed by atoms with Gasteiger partial charge in [0.25, 0.3) is 9.40 Å². The Morgan fingerprint density at radius 1 is 0.786 bits per heavy atom. The Morgan fingerprint density at radius 2 is 1.39 bits per heavy atom. The zero-order chi connectivity index (χ0) is 17.5. The fourth-order valence-corrected chi connectivity index (χ4v) is 4.23. The van der Waals surface area contributed by atoms with Gasteiger partial charge in [-0.1, -0.05) is 51.7 Å². The number of benzene rings is 2. The van der Waals surface area contributed by atoms with Gasteiger partial charge < -0.3 is 28.9 Å². The summed E-state index contributed by atoms with van der Waals surface area (Å²) in [6.45, 7) is 6.87. The third kappa shape index (κ3) is 7.94. The zero-order valence-electron chi connectivity index (χ0n) is 16.7. The van der Waals surface area contributed by atoms with Crippen molar-refractivity contribution in [3.05, 3.63) is 42.5 Å². The maximum atomic E-state index is 4.82. The number of rotatable bonds is 9. The van der Waals surface area contributed by atoms with E-state index in [0.717, 1.165) is 24.1 Å². The van der Waals surface area contributed by atoms with Gasteiger partial charge in [0, 0.05) is 30.9 Å². The van der Waals surface area contributed by atoms with Crippen LogP contribution in [0.5, 0.6) is 0 Å². The van der Waals surface area contributed by atoms with Crippen molar-refractivity contribution in [2.45, 2.75) is 52.4 Å². The molecule has 0 amide bonds. The number of unbranched alkanes of at least 4 members (excludes halogenated alkanes) is 4. The van der Waals surface area contributed by atoms with E-state index in [1.54, 1.807) is 0 Å². The van der Waals surface area contributed by atoms with E-state index in [-0.39, 0.29) is 71.9 Å². The van der Waals surface area contributed by atoms with Crippen LogP contribution in [0.25, 0.3) is 20.4 Å². The second-order valence-electron chi connectivity index (χ2n) is 6.73. The number of hydrogen-bond donors (Lipinski definition) is 0. The van der Waals surface area contributed by atoms with Gasteiger partial charge in [-0.2, -0.15) is 0 Å². The van der Waals surface area contributed by atoms with Crippen LogP contribution in [0.2, 0.25) is 0 Å². The van der Waals surface area contributed by atoms with Crippen molar-refractivity contribution in [3.8, 4) is 0 Å². The standard InChI is InChI=1S/C22H29N2S.3HI/c1-3-5-9-15-24(16-10-6-4-2)18-13-14-20-22(17-18)25-21-12-8-7-11-19(21)23-20;;;/h7-8,11-14,17H,3-6,9-10,15-16H2,1-2H3;3*1H/q+1;;;/p-1. The van der Waals surface area contributed by atoms with E-state index in [4.69, 9.17) is 4.98 Å². The Kier molecular flexibility index (Phi) is 15.5. The van der Waals surface area contributed by atoms with E-state index in [1.165, 1.54) is 53.6 Å². The SMILES string of the molecule is CCCCCN(CCCCC)c1ccc2nc3ccccc3[s+]c2c1.I.I.[I-]. The van der Waals surface area contributed by atoms with E-state index in [1.807, 2.05) is 11.3 Å². The number of aromatic nitrogens is 1. The molecule has 3 rings (SSSR count). The number of halogens is 3. The highest BCUT2D eigenvalue weighted by atomic mass is 127. The fourth-order valence-electron chi connectivity index (χ4n) is 3.23. The Balaban J connectivity index is 0.00000243. The van der Waals surface area contributed by atoms with Crippen LogP contribution in [0, 0.1) is 0 Å². The molecule has 3 aromatic rings. The molecule has 1 heterocycles. The molecule has 6 heteroatoms. The molecule has 0 bridgehead atoms. The van der Waals surface area contributed by atoms with Gasteiger partial charge in [-0.05, 0) is 31.0 Å². The average Bonchev–Trinajstić information content (AvgIpc) is 2.65. The van der Waals surface area contributed by atoms with E-state index in [0.29, 0.717) is 0 Å². The van der Waals surface area contributed by atoms with Crippen LogP contribution >= 0.6 is 59.3 Å². The topological polar surface area (TPSA) is 16.1 Å². The smallest absolute Gasteiger partial charge is 0.259 e. The van der Waals surface area contributed by atoms with Crippen molar-refractivity contribution < 1.29 is 24.0 Å². The molecule has 0 aliphatic carbocycles. The minimum atomic E-state index is 0. The Labute approximate surface area is 225 Å². The molecule has 156 valence electrons. The summed E-state index contributed by atoms with van der Waals surface area (Å²) in [5.74, 6) is 0. The monoisotopic (exact) mass is 736 g/mol. The third-order valence-electron chi connectivity index (χ3n) is 4.70. The summed E-state index contributed by atoms with van der Waals surface area (Å²) in [6.07, 6.45) is 7.73. The van der Waals surface area contributed by atoms with Crippen LogP contribution in [0.15, 0.2) is 42.5 Å². The molecular weight excluding hydrogens is 705 g/mol. The molecule has 0 aliphatic heterocycles. The summed E-state index contributed by atoms with van der Waals surface area (Å²) in [7, 11) is 0. The second kappa shape index (κ2) is 15.3. The predicted octanol–water partition coefficient (Wildman–Crippen LogP) is 5.16. The van der Waals surface area contributed by atoms with Gasteiger partial charge in [0.2, 0.25) is 11.3 Å². The first-order chi connectivity index (χ1) is 12.3. The number of nitrogens with zero attached hydrogens (tertiary/aromatic N) is 2. The highest BCUT2D eigenvalue weighted by molar-refractivity contribution is 14.0. The quantitative estimate of drug-likeness (QED) is 0.131.